The Kier molecular flexibility index (Phi) is 3.98. The predicted molar refractivity (Wildman–Crippen MR) is 93.2 cm³/mol. The first-order chi connectivity index (χ1) is 10.5. The number of hydrogen-bond donors (Lipinski definition) is 1. The smallest absolute Gasteiger partial charge is 0.152 e. The van der Waals surface area contributed by atoms with Crippen LogP contribution in [0, 0.1) is 0 Å². The fourth-order valence-electron chi connectivity index (χ4n) is 2.77. The van der Waals surface area contributed by atoms with Crippen LogP contribution in [0.15, 0.2) is 36.4 Å². The van der Waals surface area contributed by atoms with Crippen LogP contribution < -0.4 is 0 Å². The van der Waals surface area contributed by atoms with Crippen molar-refractivity contribution in [3.8, 4) is 11.3 Å². The van der Waals surface area contributed by atoms with Crippen LogP contribution in [0.3, 0.4) is 0 Å². The second-order valence-corrected chi connectivity index (χ2v) is 6.42. The minimum atomic E-state index is 0.351. The monoisotopic (exact) mass is 331 g/mol. The van der Waals surface area contributed by atoms with Gasteiger partial charge in [0, 0.05) is 21.5 Å². The zero-order valence-electron chi connectivity index (χ0n) is 12.3. The van der Waals surface area contributed by atoms with Crippen molar-refractivity contribution in [3.63, 3.8) is 0 Å². The average Bonchev–Trinajstić information content (AvgIpc) is 2.87. The number of benzene rings is 2. The van der Waals surface area contributed by atoms with E-state index in [0.717, 1.165) is 22.8 Å². The van der Waals surface area contributed by atoms with Crippen molar-refractivity contribution < 1.29 is 4.79 Å². The third-order valence-electron chi connectivity index (χ3n) is 3.84. The van der Waals surface area contributed by atoms with Gasteiger partial charge in [0.25, 0.3) is 0 Å². The lowest BCUT2D eigenvalue weighted by atomic mass is 9.99. The third-order valence-corrected chi connectivity index (χ3v) is 4.41. The zero-order chi connectivity index (χ0) is 15.9. The minimum absolute atomic E-state index is 0.351. The molecule has 0 aliphatic rings. The molecule has 0 amide bonds. The number of fused-ring (bicyclic) bond motifs is 1. The Bertz CT molecular complexity index is 865. The van der Waals surface area contributed by atoms with Crippen LogP contribution in [0.4, 0.5) is 0 Å². The van der Waals surface area contributed by atoms with E-state index in [-0.39, 0.29) is 0 Å². The summed E-state index contributed by atoms with van der Waals surface area (Å²) in [5.41, 5.74) is 4.21. The lowest BCUT2D eigenvalue weighted by Crippen LogP contribution is -1.88. The highest BCUT2D eigenvalue weighted by molar-refractivity contribution is 6.35. The average molecular weight is 332 g/mol. The van der Waals surface area contributed by atoms with Crippen LogP contribution in [0.1, 0.15) is 35.7 Å². The number of carbonyl (C=O) groups is 1. The van der Waals surface area contributed by atoms with Crippen molar-refractivity contribution in [2.45, 2.75) is 19.8 Å². The maximum Gasteiger partial charge on any atom is 0.152 e. The molecule has 4 heteroatoms. The Morgan fingerprint density at radius 3 is 2.59 bits per heavy atom. The number of aromatic amines is 1. The highest BCUT2D eigenvalue weighted by atomic mass is 35.5. The van der Waals surface area contributed by atoms with E-state index >= 15 is 0 Å². The number of nitrogens with one attached hydrogen (secondary N) is 1. The zero-order valence-corrected chi connectivity index (χ0v) is 13.8. The van der Waals surface area contributed by atoms with Gasteiger partial charge in [0.05, 0.1) is 16.2 Å². The van der Waals surface area contributed by atoms with Gasteiger partial charge in [-0.05, 0) is 29.7 Å². The SMILES string of the molecule is CC(C)c1cccc2c(C=O)c(-c3cc(Cl)ccc3Cl)[nH]c12. The molecule has 0 bridgehead atoms. The van der Waals surface area contributed by atoms with E-state index < -0.39 is 0 Å². The van der Waals surface area contributed by atoms with Crippen molar-refractivity contribution >= 4 is 40.4 Å². The first-order valence-electron chi connectivity index (χ1n) is 7.08. The summed E-state index contributed by atoms with van der Waals surface area (Å²) in [6, 6.07) is 11.2. The van der Waals surface area contributed by atoms with Gasteiger partial charge in [-0.3, -0.25) is 4.79 Å². The number of para-hydroxylation sites is 1. The van der Waals surface area contributed by atoms with E-state index in [2.05, 4.69) is 24.9 Å². The molecule has 0 radical (unpaired) electrons. The van der Waals surface area contributed by atoms with Crippen molar-refractivity contribution in [2.75, 3.05) is 0 Å². The summed E-state index contributed by atoms with van der Waals surface area (Å²) in [5.74, 6) is 0.351. The number of hydrogen-bond acceptors (Lipinski definition) is 1. The van der Waals surface area contributed by atoms with Crippen molar-refractivity contribution in [1.29, 1.82) is 0 Å². The molecule has 3 aromatic rings. The van der Waals surface area contributed by atoms with Gasteiger partial charge in [0.2, 0.25) is 0 Å². The number of carbonyl (C=O) groups excluding carboxylic acids is 1. The van der Waals surface area contributed by atoms with E-state index in [9.17, 15) is 4.79 Å². The molecule has 0 fully saturated rings. The molecule has 2 nitrogen and oxygen atoms in total. The van der Waals surface area contributed by atoms with Gasteiger partial charge in [0.15, 0.2) is 6.29 Å². The molecule has 1 heterocycles. The molecule has 0 aliphatic carbocycles. The molecular formula is C18H15Cl2NO. The second kappa shape index (κ2) is 5.79. The highest BCUT2D eigenvalue weighted by Gasteiger charge is 2.17. The van der Waals surface area contributed by atoms with E-state index in [1.807, 2.05) is 12.1 Å². The normalized spacial score (nSPS) is 11.3. The molecule has 1 N–H and O–H groups in total. The number of aldehydes is 1. The van der Waals surface area contributed by atoms with Gasteiger partial charge in [0.1, 0.15) is 0 Å². The minimum Gasteiger partial charge on any atom is -0.354 e. The summed E-state index contributed by atoms with van der Waals surface area (Å²) >= 11 is 12.4. The topological polar surface area (TPSA) is 32.9 Å². The number of halogens is 2. The van der Waals surface area contributed by atoms with Gasteiger partial charge < -0.3 is 4.98 Å². The third kappa shape index (κ3) is 2.43. The molecular weight excluding hydrogens is 317 g/mol. The first kappa shape index (κ1) is 15.1. The molecule has 0 aliphatic heterocycles. The Hall–Kier alpha value is -1.77. The van der Waals surface area contributed by atoms with E-state index in [0.29, 0.717) is 27.2 Å². The molecule has 2 aromatic carbocycles. The van der Waals surface area contributed by atoms with Crippen LogP contribution in [0.25, 0.3) is 22.2 Å². The van der Waals surface area contributed by atoms with E-state index in [4.69, 9.17) is 23.2 Å². The predicted octanol–water partition coefficient (Wildman–Crippen LogP) is 6.08. The Morgan fingerprint density at radius 2 is 1.91 bits per heavy atom. The van der Waals surface area contributed by atoms with Crippen LogP contribution in [0.2, 0.25) is 10.0 Å². The van der Waals surface area contributed by atoms with E-state index in [1.165, 1.54) is 5.56 Å². The molecule has 0 unspecified atom stereocenters. The van der Waals surface area contributed by atoms with Gasteiger partial charge in [-0.2, -0.15) is 0 Å². The van der Waals surface area contributed by atoms with Crippen LogP contribution in [-0.2, 0) is 0 Å². The lowest BCUT2D eigenvalue weighted by Gasteiger charge is -2.06. The summed E-state index contributed by atoms with van der Waals surface area (Å²) in [4.78, 5) is 15.0. The molecule has 22 heavy (non-hydrogen) atoms. The molecule has 0 saturated heterocycles. The second-order valence-electron chi connectivity index (χ2n) is 5.58. The molecule has 112 valence electrons. The lowest BCUT2D eigenvalue weighted by molar-refractivity contribution is 0.112. The first-order valence-corrected chi connectivity index (χ1v) is 7.83. The summed E-state index contributed by atoms with van der Waals surface area (Å²) in [6.07, 6.45) is 0.871. The van der Waals surface area contributed by atoms with Crippen molar-refractivity contribution in [1.82, 2.24) is 4.98 Å². The Balaban J connectivity index is 2.37. The van der Waals surface area contributed by atoms with Crippen LogP contribution >= 0.6 is 23.2 Å². The van der Waals surface area contributed by atoms with Crippen molar-refractivity contribution in [3.05, 3.63) is 57.6 Å². The standard InChI is InChI=1S/C18H15Cl2NO/c1-10(2)12-4-3-5-13-15(9-22)18(21-17(12)13)14-8-11(19)6-7-16(14)20/h3-10,21H,1-2H3. The summed E-state index contributed by atoms with van der Waals surface area (Å²) in [6.45, 7) is 4.25. The van der Waals surface area contributed by atoms with Gasteiger partial charge in [-0.1, -0.05) is 55.2 Å². The molecule has 0 spiro atoms. The summed E-state index contributed by atoms with van der Waals surface area (Å²) in [7, 11) is 0. The quantitative estimate of drug-likeness (QED) is 0.580. The number of rotatable bonds is 3. The van der Waals surface area contributed by atoms with Gasteiger partial charge in [-0.25, -0.2) is 0 Å². The summed E-state index contributed by atoms with van der Waals surface area (Å²) < 4.78 is 0. The molecule has 0 saturated carbocycles. The fourth-order valence-corrected chi connectivity index (χ4v) is 3.15. The number of H-pyrrole nitrogens is 1. The van der Waals surface area contributed by atoms with Crippen LogP contribution in [-0.4, -0.2) is 11.3 Å². The number of aromatic nitrogens is 1. The molecule has 0 atom stereocenters. The maximum absolute atomic E-state index is 11.7. The Morgan fingerprint density at radius 1 is 1.14 bits per heavy atom. The summed E-state index contributed by atoms with van der Waals surface area (Å²) in [5, 5.41) is 2.05. The Labute approximate surface area is 139 Å². The van der Waals surface area contributed by atoms with Crippen LogP contribution in [0.5, 0.6) is 0 Å². The maximum atomic E-state index is 11.7. The molecule has 3 rings (SSSR count). The van der Waals surface area contributed by atoms with Crippen molar-refractivity contribution in [2.24, 2.45) is 0 Å². The largest absolute Gasteiger partial charge is 0.354 e. The van der Waals surface area contributed by atoms with E-state index in [1.54, 1.807) is 18.2 Å². The fraction of sp³-hybridized carbons (Fsp3) is 0.167. The molecule has 1 aromatic heterocycles. The highest BCUT2D eigenvalue weighted by Crippen LogP contribution is 2.37. The van der Waals surface area contributed by atoms with Gasteiger partial charge >= 0.3 is 0 Å². The van der Waals surface area contributed by atoms with Gasteiger partial charge in [-0.15, -0.1) is 0 Å².